The molecule has 3 heterocycles. The number of carbonyl (C=O) groups excluding carboxylic acids is 1. The molecule has 1 atom stereocenters. The SMILES string of the molecule is O=C(NCCF)C1CCCN(C2CCN(c3nc4ccccc4o3)CC2)C1. The number of benzene rings is 1. The lowest BCUT2D eigenvalue weighted by atomic mass is 9.93. The van der Waals surface area contributed by atoms with Gasteiger partial charge >= 0.3 is 0 Å². The van der Waals surface area contributed by atoms with Gasteiger partial charge in [-0.25, -0.2) is 4.39 Å². The van der Waals surface area contributed by atoms with Crippen LogP contribution in [0, 0.1) is 5.92 Å². The standard InChI is InChI=1S/C20H27FN4O2/c21-9-10-22-19(26)15-4-3-11-25(14-15)16-7-12-24(13-8-16)20-23-17-5-1-2-6-18(17)27-20/h1-2,5-6,15-16H,3-4,7-14H2,(H,22,26). The molecule has 2 saturated heterocycles. The van der Waals surface area contributed by atoms with Crippen molar-refractivity contribution in [2.45, 2.75) is 31.7 Å². The summed E-state index contributed by atoms with van der Waals surface area (Å²) >= 11 is 0. The number of rotatable bonds is 5. The zero-order chi connectivity index (χ0) is 18.6. The van der Waals surface area contributed by atoms with Crippen LogP contribution in [0.25, 0.3) is 11.1 Å². The van der Waals surface area contributed by atoms with E-state index in [0.717, 1.165) is 63.0 Å². The molecule has 2 aromatic rings. The van der Waals surface area contributed by atoms with E-state index >= 15 is 0 Å². The predicted molar refractivity (Wildman–Crippen MR) is 103 cm³/mol. The Morgan fingerprint density at radius 2 is 2.04 bits per heavy atom. The van der Waals surface area contributed by atoms with Gasteiger partial charge in [0.05, 0.1) is 5.92 Å². The molecule has 0 spiro atoms. The van der Waals surface area contributed by atoms with E-state index in [1.54, 1.807) is 0 Å². The van der Waals surface area contributed by atoms with Gasteiger partial charge in [0, 0.05) is 32.2 Å². The fourth-order valence-electron chi connectivity index (χ4n) is 4.28. The molecule has 1 aromatic carbocycles. The molecule has 1 N–H and O–H groups in total. The number of hydrogen-bond donors (Lipinski definition) is 1. The lowest BCUT2D eigenvalue weighted by Crippen LogP contribution is -2.51. The van der Waals surface area contributed by atoms with E-state index < -0.39 is 6.67 Å². The van der Waals surface area contributed by atoms with Crippen LogP contribution in [-0.4, -0.2) is 61.2 Å². The van der Waals surface area contributed by atoms with E-state index in [1.165, 1.54) is 0 Å². The summed E-state index contributed by atoms with van der Waals surface area (Å²) in [5, 5.41) is 2.70. The van der Waals surface area contributed by atoms with Crippen molar-refractivity contribution < 1.29 is 13.6 Å². The fourth-order valence-corrected chi connectivity index (χ4v) is 4.28. The number of nitrogens with zero attached hydrogens (tertiary/aromatic N) is 3. The van der Waals surface area contributed by atoms with Crippen molar-refractivity contribution in [3.05, 3.63) is 24.3 Å². The summed E-state index contributed by atoms with van der Waals surface area (Å²) in [6.07, 6.45) is 4.00. The number of alkyl halides is 1. The summed E-state index contributed by atoms with van der Waals surface area (Å²) in [5.41, 5.74) is 1.72. The molecule has 0 aliphatic carbocycles. The molecular weight excluding hydrogens is 347 g/mol. The zero-order valence-corrected chi connectivity index (χ0v) is 15.6. The van der Waals surface area contributed by atoms with Crippen LogP contribution in [0.3, 0.4) is 0 Å². The third kappa shape index (κ3) is 4.08. The number of likely N-dealkylation sites (tertiary alicyclic amines) is 1. The highest BCUT2D eigenvalue weighted by Crippen LogP contribution is 2.28. The number of hydrogen-bond acceptors (Lipinski definition) is 5. The Labute approximate surface area is 158 Å². The minimum atomic E-state index is -0.504. The number of amides is 1. The van der Waals surface area contributed by atoms with Crippen molar-refractivity contribution in [1.82, 2.24) is 15.2 Å². The Kier molecular flexibility index (Phi) is 5.57. The van der Waals surface area contributed by atoms with E-state index in [2.05, 4.69) is 20.1 Å². The van der Waals surface area contributed by atoms with Gasteiger partial charge in [-0.1, -0.05) is 12.1 Å². The largest absolute Gasteiger partial charge is 0.423 e. The average molecular weight is 374 g/mol. The second-order valence-electron chi connectivity index (χ2n) is 7.50. The maximum atomic E-state index is 12.3. The van der Waals surface area contributed by atoms with Gasteiger partial charge in [-0.15, -0.1) is 0 Å². The molecule has 0 saturated carbocycles. The Morgan fingerprint density at radius 1 is 1.22 bits per heavy atom. The molecule has 2 aliphatic heterocycles. The number of piperidine rings is 2. The molecule has 2 aliphatic rings. The first-order valence-corrected chi connectivity index (χ1v) is 9.93. The molecule has 2 fully saturated rings. The second kappa shape index (κ2) is 8.25. The van der Waals surface area contributed by atoms with Crippen molar-refractivity contribution >= 4 is 23.0 Å². The summed E-state index contributed by atoms with van der Waals surface area (Å²) in [5.74, 6) is -0.0124. The first kappa shape index (κ1) is 18.2. The number of fused-ring (bicyclic) bond motifs is 1. The van der Waals surface area contributed by atoms with Crippen molar-refractivity contribution in [2.75, 3.05) is 44.3 Å². The van der Waals surface area contributed by atoms with Gasteiger partial charge in [0.2, 0.25) is 5.91 Å². The molecule has 4 rings (SSSR count). The molecule has 7 heteroatoms. The minimum Gasteiger partial charge on any atom is -0.423 e. The molecule has 0 bridgehead atoms. The van der Waals surface area contributed by atoms with Crippen molar-refractivity contribution in [3.63, 3.8) is 0 Å². The summed E-state index contributed by atoms with van der Waals surface area (Å²) in [6.45, 7) is 3.26. The van der Waals surface area contributed by atoms with Crippen LogP contribution in [-0.2, 0) is 4.79 Å². The molecule has 146 valence electrons. The van der Waals surface area contributed by atoms with Gasteiger partial charge in [-0.2, -0.15) is 4.98 Å². The summed E-state index contributed by atoms with van der Waals surface area (Å²) < 4.78 is 18.2. The fraction of sp³-hybridized carbons (Fsp3) is 0.600. The second-order valence-corrected chi connectivity index (χ2v) is 7.50. The van der Waals surface area contributed by atoms with Gasteiger partial charge in [-0.3, -0.25) is 9.69 Å². The van der Waals surface area contributed by atoms with Crippen molar-refractivity contribution in [3.8, 4) is 0 Å². The Bertz CT molecular complexity index is 739. The first-order chi connectivity index (χ1) is 13.2. The third-order valence-corrected chi connectivity index (χ3v) is 5.75. The number of aromatic nitrogens is 1. The maximum absolute atomic E-state index is 12.3. The maximum Gasteiger partial charge on any atom is 0.298 e. The smallest absolute Gasteiger partial charge is 0.298 e. The van der Waals surface area contributed by atoms with Gasteiger partial charge < -0.3 is 14.6 Å². The quantitative estimate of drug-likeness (QED) is 0.872. The van der Waals surface area contributed by atoms with E-state index in [4.69, 9.17) is 4.42 Å². The van der Waals surface area contributed by atoms with E-state index in [9.17, 15) is 9.18 Å². The van der Waals surface area contributed by atoms with Crippen LogP contribution >= 0.6 is 0 Å². The topological polar surface area (TPSA) is 61.6 Å². The van der Waals surface area contributed by atoms with Crippen LogP contribution in [0.1, 0.15) is 25.7 Å². The number of para-hydroxylation sites is 2. The van der Waals surface area contributed by atoms with E-state index in [-0.39, 0.29) is 18.4 Å². The summed E-state index contributed by atoms with van der Waals surface area (Å²) in [6, 6.07) is 9.04. The molecule has 1 aromatic heterocycles. The third-order valence-electron chi connectivity index (χ3n) is 5.75. The van der Waals surface area contributed by atoms with Crippen LogP contribution in [0.5, 0.6) is 0 Å². The number of halogens is 1. The lowest BCUT2D eigenvalue weighted by Gasteiger charge is -2.41. The number of nitrogens with one attached hydrogen (secondary N) is 1. The van der Waals surface area contributed by atoms with Crippen LogP contribution < -0.4 is 10.2 Å². The van der Waals surface area contributed by atoms with Crippen LogP contribution in [0.15, 0.2) is 28.7 Å². The van der Waals surface area contributed by atoms with E-state index in [1.807, 2.05) is 24.3 Å². The monoisotopic (exact) mass is 374 g/mol. The van der Waals surface area contributed by atoms with Gasteiger partial charge in [0.1, 0.15) is 12.2 Å². The molecule has 0 radical (unpaired) electrons. The Morgan fingerprint density at radius 3 is 2.81 bits per heavy atom. The van der Waals surface area contributed by atoms with E-state index in [0.29, 0.717) is 12.1 Å². The van der Waals surface area contributed by atoms with Crippen molar-refractivity contribution in [1.29, 1.82) is 0 Å². The number of carbonyl (C=O) groups is 1. The highest BCUT2D eigenvalue weighted by Gasteiger charge is 2.32. The summed E-state index contributed by atoms with van der Waals surface area (Å²) in [7, 11) is 0. The lowest BCUT2D eigenvalue weighted by molar-refractivity contribution is -0.127. The van der Waals surface area contributed by atoms with Gasteiger partial charge in [0.15, 0.2) is 5.58 Å². The first-order valence-electron chi connectivity index (χ1n) is 9.93. The average Bonchev–Trinajstić information content (AvgIpc) is 3.16. The summed E-state index contributed by atoms with van der Waals surface area (Å²) in [4.78, 5) is 21.4. The normalized spacial score (nSPS) is 22.3. The van der Waals surface area contributed by atoms with Gasteiger partial charge in [-0.05, 0) is 44.4 Å². The molecule has 1 amide bonds. The van der Waals surface area contributed by atoms with Crippen LogP contribution in [0.2, 0.25) is 0 Å². The Balaban J connectivity index is 1.32. The molecule has 6 nitrogen and oxygen atoms in total. The number of anilines is 1. The molecular formula is C20H27FN4O2. The highest BCUT2D eigenvalue weighted by atomic mass is 19.1. The zero-order valence-electron chi connectivity index (χ0n) is 15.6. The number of oxazole rings is 1. The van der Waals surface area contributed by atoms with Gasteiger partial charge in [0.25, 0.3) is 6.01 Å². The van der Waals surface area contributed by atoms with Crippen molar-refractivity contribution in [2.24, 2.45) is 5.92 Å². The Hall–Kier alpha value is -2.15. The predicted octanol–water partition coefficient (Wildman–Crippen LogP) is 2.59. The van der Waals surface area contributed by atoms with Crippen LogP contribution in [0.4, 0.5) is 10.4 Å². The molecule has 27 heavy (non-hydrogen) atoms. The minimum absolute atomic E-state index is 0.00117. The molecule has 1 unspecified atom stereocenters. The highest BCUT2D eigenvalue weighted by molar-refractivity contribution is 5.79.